The molecule has 1 saturated heterocycles. The van der Waals surface area contributed by atoms with Crippen molar-refractivity contribution in [2.75, 3.05) is 46.0 Å². The van der Waals surface area contributed by atoms with Crippen LogP contribution in [0.3, 0.4) is 0 Å². The zero-order chi connectivity index (χ0) is 16.2. The highest BCUT2D eigenvalue weighted by Gasteiger charge is 2.35. The Morgan fingerprint density at radius 1 is 1.13 bits per heavy atom. The number of benzene rings is 1. The van der Waals surface area contributed by atoms with Crippen LogP contribution in [0.1, 0.15) is 11.6 Å². The number of ether oxygens (including phenoxy) is 2. The fourth-order valence-corrected chi connectivity index (χ4v) is 2.97. The van der Waals surface area contributed by atoms with E-state index in [1.807, 2.05) is 4.90 Å². The molecule has 2 heterocycles. The van der Waals surface area contributed by atoms with Crippen LogP contribution in [-0.2, 0) is 14.3 Å². The molecule has 0 radical (unpaired) electrons. The van der Waals surface area contributed by atoms with E-state index in [-0.39, 0.29) is 25.6 Å². The summed E-state index contributed by atoms with van der Waals surface area (Å²) in [7, 11) is 0. The Morgan fingerprint density at radius 3 is 2.61 bits per heavy atom. The van der Waals surface area contributed by atoms with Gasteiger partial charge in [-0.2, -0.15) is 0 Å². The van der Waals surface area contributed by atoms with Gasteiger partial charge in [0.1, 0.15) is 12.4 Å². The quantitative estimate of drug-likeness (QED) is 0.867. The van der Waals surface area contributed by atoms with Crippen LogP contribution >= 0.6 is 0 Å². The Kier molecular flexibility index (Phi) is 4.78. The van der Waals surface area contributed by atoms with E-state index in [2.05, 4.69) is 0 Å². The number of carbonyl (C=O) groups excluding carboxylic acids is 1. The maximum atomic E-state index is 12.7. The first-order valence-electron chi connectivity index (χ1n) is 7.71. The van der Waals surface area contributed by atoms with Gasteiger partial charge in [0.25, 0.3) is 0 Å². The Hall–Kier alpha value is -2.12. The molecule has 2 aliphatic rings. The van der Waals surface area contributed by atoms with Crippen molar-refractivity contribution >= 4 is 11.9 Å². The summed E-state index contributed by atoms with van der Waals surface area (Å²) in [5.41, 5.74) is 0.521. The number of fused-ring (bicyclic) bond motifs is 1. The number of para-hydroxylation sites is 1. The average molecular weight is 320 g/mol. The van der Waals surface area contributed by atoms with E-state index in [0.29, 0.717) is 37.6 Å². The molecule has 1 aromatic carbocycles. The monoisotopic (exact) mass is 320 g/mol. The molecular formula is C16H20N2O5. The highest BCUT2D eigenvalue weighted by Crippen LogP contribution is 2.32. The van der Waals surface area contributed by atoms with Gasteiger partial charge in [-0.15, -0.1) is 0 Å². The predicted octanol–water partition coefficient (Wildman–Crippen LogP) is 0.366. The lowest BCUT2D eigenvalue weighted by molar-refractivity contribution is -0.151. The number of aliphatic carboxylic acids is 1. The fraction of sp³-hybridized carbons (Fsp3) is 0.500. The third kappa shape index (κ3) is 3.46. The van der Waals surface area contributed by atoms with Gasteiger partial charge in [-0.1, -0.05) is 18.2 Å². The maximum Gasteiger partial charge on any atom is 0.331 e. The molecule has 7 heteroatoms. The van der Waals surface area contributed by atoms with E-state index in [9.17, 15) is 14.7 Å². The number of carboxylic acid groups (broad SMARTS) is 1. The van der Waals surface area contributed by atoms with E-state index in [1.165, 1.54) is 4.90 Å². The van der Waals surface area contributed by atoms with Gasteiger partial charge in [0.05, 0.1) is 26.3 Å². The molecule has 1 N–H and O–H groups in total. The molecule has 1 unspecified atom stereocenters. The highest BCUT2D eigenvalue weighted by atomic mass is 16.5. The molecule has 1 amide bonds. The van der Waals surface area contributed by atoms with E-state index in [4.69, 9.17) is 9.47 Å². The van der Waals surface area contributed by atoms with Crippen molar-refractivity contribution < 1.29 is 24.2 Å². The van der Waals surface area contributed by atoms with Crippen molar-refractivity contribution in [3.63, 3.8) is 0 Å². The standard InChI is InChI=1S/C16H20N2O5/c19-14(11-17-5-8-22-9-6-17)18-7-10-23-13-4-2-1-3-12(13)15(18)16(20)21/h1-4,15H,5-11H2,(H,20,21). The number of carbonyl (C=O) groups is 2. The Bertz CT molecular complexity index is 586. The summed E-state index contributed by atoms with van der Waals surface area (Å²) in [5.74, 6) is -0.709. The molecule has 7 nitrogen and oxygen atoms in total. The molecule has 0 aliphatic carbocycles. The number of rotatable bonds is 3. The summed E-state index contributed by atoms with van der Waals surface area (Å²) in [6.45, 7) is 3.32. The second-order valence-corrected chi connectivity index (χ2v) is 5.60. The van der Waals surface area contributed by atoms with E-state index in [0.717, 1.165) is 0 Å². The van der Waals surface area contributed by atoms with Crippen LogP contribution < -0.4 is 4.74 Å². The number of nitrogens with zero attached hydrogens (tertiary/aromatic N) is 2. The van der Waals surface area contributed by atoms with Gasteiger partial charge in [0, 0.05) is 18.7 Å². The van der Waals surface area contributed by atoms with E-state index >= 15 is 0 Å². The normalized spacial score (nSPS) is 21.9. The average Bonchev–Trinajstić information content (AvgIpc) is 2.75. The largest absolute Gasteiger partial charge is 0.491 e. The molecule has 1 atom stereocenters. The van der Waals surface area contributed by atoms with E-state index < -0.39 is 12.0 Å². The molecular weight excluding hydrogens is 300 g/mol. The van der Waals surface area contributed by atoms with Crippen LogP contribution in [-0.4, -0.2) is 72.8 Å². The first-order chi connectivity index (χ1) is 11.2. The molecule has 0 aromatic heterocycles. The van der Waals surface area contributed by atoms with Crippen molar-refractivity contribution in [2.45, 2.75) is 6.04 Å². The van der Waals surface area contributed by atoms with Crippen LogP contribution in [0.4, 0.5) is 0 Å². The van der Waals surface area contributed by atoms with Crippen molar-refractivity contribution in [1.29, 1.82) is 0 Å². The number of hydrogen-bond acceptors (Lipinski definition) is 5. The first-order valence-corrected chi connectivity index (χ1v) is 7.71. The van der Waals surface area contributed by atoms with Crippen LogP contribution in [0.15, 0.2) is 24.3 Å². The van der Waals surface area contributed by atoms with Gasteiger partial charge in [-0.25, -0.2) is 4.79 Å². The molecule has 3 rings (SSSR count). The van der Waals surface area contributed by atoms with Crippen LogP contribution in [0.25, 0.3) is 0 Å². The zero-order valence-corrected chi connectivity index (χ0v) is 12.8. The molecule has 2 aliphatic heterocycles. The Balaban J connectivity index is 1.81. The molecule has 1 aromatic rings. The lowest BCUT2D eigenvalue weighted by Crippen LogP contribution is -2.47. The molecule has 0 spiro atoms. The Labute approximate surface area is 134 Å². The van der Waals surface area contributed by atoms with Crippen molar-refractivity contribution in [3.05, 3.63) is 29.8 Å². The van der Waals surface area contributed by atoms with Crippen LogP contribution in [0.5, 0.6) is 5.75 Å². The molecule has 124 valence electrons. The smallest absolute Gasteiger partial charge is 0.331 e. The minimum absolute atomic E-state index is 0.195. The lowest BCUT2D eigenvalue weighted by atomic mass is 10.0. The minimum atomic E-state index is -1.04. The van der Waals surface area contributed by atoms with Crippen molar-refractivity contribution in [2.24, 2.45) is 0 Å². The van der Waals surface area contributed by atoms with Gasteiger partial charge in [-0.3, -0.25) is 9.69 Å². The number of amides is 1. The minimum Gasteiger partial charge on any atom is -0.491 e. The van der Waals surface area contributed by atoms with Crippen LogP contribution in [0.2, 0.25) is 0 Å². The second kappa shape index (κ2) is 6.97. The van der Waals surface area contributed by atoms with Gasteiger partial charge in [-0.05, 0) is 6.07 Å². The first kappa shape index (κ1) is 15.8. The summed E-state index contributed by atoms with van der Waals surface area (Å²) in [6.07, 6.45) is 0. The summed E-state index contributed by atoms with van der Waals surface area (Å²) in [5, 5.41) is 9.65. The lowest BCUT2D eigenvalue weighted by Gasteiger charge is -2.31. The van der Waals surface area contributed by atoms with E-state index in [1.54, 1.807) is 24.3 Å². The van der Waals surface area contributed by atoms with Gasteiger partial charge in [0.2, 0.25) is 5.91 Å². The molecule has 23 heavy (non-hydrogen) atoms. The molecule has 1 fully saturated rings. The van der Waals surface area contributed by atoms with Crippen LogP contribution in [0, 0.1) is 0 Å². The van der Waals surface area contributed by atoms with Crippen molar-refractivity contribution in [3.8, 4) is 5.75 Å². The summed E-state index contributed by atoms with van der Waals surface area (Å²) in [4.78, 5) is 27.9. The second-order valence-electron chi connectivity index (χ2n) is 5.60. The Morgan fingerprint density at radius 2 is 1.87 bits per heavy atom. The number of morpholine rings is 1. The summed E-state index contributed by atoms with van der Waals surface area (Å²) < 4.78 is 10.9. The fourth-order valence-electron chi connectivity index (χ4n) is 2.97. The molecule has 0 bridgehead atoms. The predicted molar refractivity (Wildman–Crippen MR) is 81.3 cm³/mol. The van der Waals surface area contributed by atoms with Gasteiger partial charge < -0.3 is 19.5 Å². The van der Waals surface area contributed by atoms with Crippen molar-refractivity contribution in [1.82, 2.24) is 9.80 Å². The zero-order valence-electron chi connectivity index (χ0n) is 12.8. The SMILES string of the molecule is O=C(O)C1c2ccccc2OCCN1C(=O)CN1CCOCC1. The highest BCUT2D eigenvalue weighted by molar-refractivity contribution is 5.86. The third-order valence-electron chi connectivity index (χ3n) is 4.13. The van der Waals surface area contributed by atoms with Gasteiger partial charge in [0.15, 0.2) is 6.04 Å². The number of hydrogen-bond donors (Lipinski definition) is 1. The summed E-state index contributed by atoms with van der Waals surface area (Å²) in [6, 6.07) is 5.98. The summed E-state index contributed by atoms with van der Waals surface area (Å²) >= 11 is 0. The number of carboxylic acids is 1. The third-order valence-corrected chi connectivity index (χ3v) is 4.13. The molecule has 0 saturated carbocycles. The maximum absolute atomic E-state index is 12.7. The topological polar surface area (TPSA) is 79.3 Å². The van der Waals surface area contributed by atoms with Gasteiger partial charge >= 0.3 is 5.97 Å².